The molecule has 2 aliphatic rings. The molecule has 2 aliphatic carbocycles. The van der Waals surface area contributed by atoms with Crippen LogP contribution in [0.3, 0.4) is 0 Å². The molecular weight excluding hydrogens is 244 g/mol. The summed E-state index contributed by atoms with van der Waals surface area (Å²) < 4.78 is 0. The number of rotatable bonds is 7. The first-order chi connectivity index (χ1) is 9.72. The molecule has 0 bridgehead atoms. The Morgan fingerprint density at radius 1 is 1.05 bits per heavy atom. The van der Waals surface area contributed by atoms with Crippen molar-refractivity contribution in [3.05, 3.63) is 0 Å². The number of nitrogens with zero attached hydrogens (tertiary/aromatic N) is 1. The van der Waals surface area contributed by atoms with Crippen molar-refractivity contribution in [3.8, 4) is 0 Å². The van der Waals surface area contributed by atoms with Crippen LogP contribution in [0.2, 0.25) is 0 Å². The monoisotopic (exact) mass is 280 g/mol. The van der Waals surface area contributed by atoms with Crippen molar-refractivity contribution in [1.82, 2.24) is 10.2 Å². The van der Waals surface area contributed by atoms with Crippen LogP contribution < -0.4 is 5.32 Å². The first kappa shape index (κ1) is 16.3. The van der Waals surface area contributed by atoms with Crippen molar-refractivity contribution >= 4 is 0 Å². The van der Waals surface area contributed by atoms with Crippen molar-refractivity contribution in [2.75, 3.05) is 20.1 Å². The van der Waals surface area contributed by atoms with Crippen LogP contribution in [0.15, 0.2) is 0 Å². The van der Waals surface area contributed by atoms with Crippen LogP contribution in [0.4, 0.5) is 0 Å². The van der Waals surface area contributed by atoms with Gasteiger partial charge in [-0.05, 0) is 57.5 Å². The van der Waals surface area contributed by atoms with Crippen LogP contribution in [0.25, 0.3) is 0 Å². The van der Waals surface area contributed by atoms with E-state index in [2.05, 4.69) is 31.1 Å². The average molecular weight is 280 g/mol. The lowest BCUT2D eigenvalue weighted by Crippen LogP contribution is -2.49. The van der Waals surface area contributed by atoms with Crippen LogP contribution in [0.5, 0.6) is 0 Å². The lowest BCUT2D eigenvalue weighted by atomic mass is 9.84. The zero-order chi connectivity index (χ0) is 14.4. The third kappa shape index (κ3) is 4.46. The Morgan fingerprint density at radius 2 is 1.70 bits per heavy atom. The molecule has 0 radical (unpaired) electrons. The van der Waals surface area contributed by atoms with Crippen molar-refractivity contribution in [2.24, 2.45) is 11.8 Å². The second-order valence-corrected chi connectivity index (χ2v) is 7.37. The van der Waals surface area contributed by atoms with Gasteiger partial charge in [-0.25, -0.2) is 0 Å². The normalized spacial score (nSPS) is 30.0. The molecule has 0 aromatic carbocycles. The molecule has 20 heavy (non-hydrogen) atoms. The maximum atomic E-state index is 3.85. The Balaban J connectivity index is 1.87. The fourth-order valence-electron chi connectivity index (χ4n) is 4.47. The molecular formula is C18H36N2. The van der Waals surface area contributed by atoms with E-state index in [1.54, 1.807) is 0 Å². The van der Waals surface area contributed by atoms with Crippen LogP contribution >= 0.6 is 0 Å². The van der Waals surface area contributed by atoms with Crippen LogP contribution in [0.1, 0.15) is 71.6 Å². The van der Waals surface area contributed by atoms with E-state index in [1.165, 1.54) is 70.9 Å². The van der Waals surface area contributed by atoms with Crippen molar-refractivity contribution < 1.29 is 0 Å². The number of hydrogen-bond acceptors (Lipinski definition) is 2. The summed E-state index contributed by atoms with van der Waals surface area (Å²) in [5.74, 6) is 1.83. The summed E-state index contributed by atoms with van der Waals surface area (Å²) in [7, 11) is 2.38. The molecule has 0 amide bonds. The summed E-state index contributed by atoms with van der Waals surface area (Å²) in [6.07, 6.45) is 12.8. The third-order valence-corrected chi connectivity index (χ3v) is 5.74. The molecule has 0 aliphatic heterocycles. The van der Waals surface area contributed by atoms with Gasteiger partial charge in [-0.1, -0.05) is 39.5 Å². The summed E-state index contributed by atoms with van der Waals surface area (Å²) in [4.78, 5) is 2.69. The second kappa shape index (κ2) is 8.38. The Morgan fingerprint density at radius 3 is 2.35 bits per heavy atom. The van der Waals surface area contributed by atoms with Gasteiger partial charge in [-0.3, -0.25) is 0 Å². The van der Waals surface area contributed by atoms with Gasteiger partial charge in [0.05, 0.1) is 0 Å². The molecule has 3 atom stereocenters. The first-order valence-electron chi connectivity index (χ1n) is 9.16. The van der Waals surface area contributed by atoms with Crippen molar-refractivity contribution in [3.63, 3.8) is 0 Å². The summed E-state index contributed by atoms with van der Waals surface area (Å²) in [5.41, 5.74) is 0. The molecule has 118 valence electrons. The van der Waals surface area contributed by atoms with Gasteiger partial charge < -0.3 is 10.2 Å². The van der Waals surface area contributed by atoms with Gasteiger partial charge >= 0.3 is 0 Å². The molecule has 0 spiro atoms. The van der Waals surface area contributed by atoms with Crippen LogP contribution in [0, 0.1) is 11.8 Å². The van der Waals surface area contributed by atoms with Gasteiger partial charge in [0, 0.05) is 18.6 Å². The van der Waals surface area contributed by atoms with Crippen LogP contribution in [-0.4, -0.2) is 37.1 Å². The Hall–Kier alpha value is -0.0800. The topological polar surface area (TPSA) is 15.3 Å². The SMILES string of the molecule is CCCNC(CN(C)C1CCCCC1C)C1CCCC1. The summed E-state index contributed by atoms with van der Waals surface area (Å²) in [6.45, 7) is 7.20. The molecule has 0 aromatic heterocycles. The minimum absolute atomic E-state index is 0.733. The van der Waals surface area contributed by atoms with E-state index >= 15 is 0 Å². The highest BCUT2D eigenvalue weighted by Crippen LogP contribution is 2.31. The third-order valence-electron chi connectivity index (χ3n) is 5.74. The fourth-order valence-corrected chi connectivity index (χ4v) is 4.47. The van der Waals surface area contributed by atoms with Gasteiger partial charge in [0.15, 0.2) is 0 Å². The molecule has 2 rings (SSSR count). The van der Waals surface area contributed by atoms with Crippen LogP contribution in [-0.2, 0) is 0 Å². The molecule has 1 N–H and O–H groups in total. The summed E-state index contributed by atoms with van der Waals surface area (Å²) >= 11 is 0. The predicted molar refractivity (Wildman–Crippen MR) is 88.1 cm³/mol. The van der Waals surface area contributed by atoms with E-state index in [1.807, 2.05) is 0 Å². The fraction of sp³-hybridized carbons (Fsp3) is 1.00. The Labute approximate surface area is 126 Å². The van der Waals surface area contributed by atoms with Crippen molar-refractivity contribution in [1.29, 1.82) is 0 Å². The second-order valence-electron chi connectivity index (χ2n) is 7.37. The number of nitrogens with one attached hydrogen (secondary N) is 1. The number of hydrogen-bond donors (Lipinski definition) is 1. The van der Waals surface area contributed by atoms with Gasteiger partial charge in [0.1, 0.15) is 0 Å². The highest BCUT2D eigenvalue weighted by Gasteiger charge is 2.30. The van der Waals surface area contributed by atoms with E-state index < -0.39 is 0 Å². The lowest BCUT2D eigenvalue weighted by Gasteiger charge is -2.39. The molecule has 2 saturated carbocycles. The predicted octanol–water partition coefficient (Wildman–Crippen LogP) is 4.06. The van der Waals surface area contributed by atoms with Gasteiger partial charge in [0.25, 0.3) is 0 Å². The highest BCUT2D eigenvalue weighted by molar-refractivity contribution is 4.86. The zero-order valence-corrected chi connectivity index (χ0v) is 14.0. The van der Waals surface area contributed by atoms with E-state index in [0.717, 1.165) is 23.9 Å². The summed E-state index contributed by atoms with van der Waals surface area (Å²) in [6, 6.07) is 1.56. The summed E-state index contributed by atoms with van der Waals surface area (Å²) in [5, 5.41) is 3.85. The minimum Gasteiger partial charge on any atom is -0.312 e. The number of likely N-dealkylation sites (N-methyl/N-ethyl adjacent to an activating group) is 1. The van der Waals surface area contributed by atoms with Gasteiger partial charge in [-0.2, -0.15) is 0 Å². The maximum absolute atomic E-state index is 3.85. The highest BCUT2D eigenvalue weighted by atomic mass is 15.2. The average Bonchev–Trinajstić information content (AvgIpc) is 2.97. The first-order valence-corrected chi connectivity index (χ1v) is 9.16. The van der Waals surface area contributed by atoms with Gasteiger partial charge in [-0.15, -0.1) is 0 Å². The quantitative estimate of drug-likeness (QED) is 0.756. The van der Waals surface area contributed by atoms with Crippen molar-refractivity contribution in [2.45, 2.75) is 83.7 Å². The smallest absolute Gasteiger partial charge is 0.0223 e. The molecule has 0 aromatic rings. The molecule has 2 nitrogen and oxygen atoms in total. The van der Waals surface area contributed by atoms with Gasteiger partial charge in [0.2, 0.25) is 0 Å². The zero-order valence-electron chi connectivity index (χ0n) is 14.0. The minimum atomic E-state index is 0.733. The molecule has 0 saturated heterocycles. The Bertz CT molecular complexity index is 260. The largest absolute Gasteiger partial charge is 0.312 e. The standard InChI is InChI=1S/C18H36N2/c1-4-13-19-17(16-10-6-7-11-16)14-20(3)18-12-8-5-9-15(18)2/h15-19H,4-14H2,1-3H3. The lowest BCUT2D eigenvalue weighted by molar-refractivity contribution is 0.117. The molecule has 2 fully saturated rings. The van der Waals surface area contributed by atoms with E-state index in [0.29, 0.717) is 0 Å². The van der Waals surface area contributed by atoms with E-state index in [4.69, 9.17) is 0 Å². The molecule has 0 heterocycles. The Kier molecular flexibility index (Phi) is 6.83. The maximum Gasteiger partial charge on any atom is 0.0223 e. The van der Waals surface area contributed by atoms with E-state index in [-0.39, 0.29) is 0 Å². The van der Waals surface area contributed by atoms with E-state index in [9.17, 15) is 0 Å². The molecule has 2 heteroatoms. The molecule has 3 unspecified atom stereocenters.